The fraction of sp³-hybridized carbons (Fsp3) is 0.526. The highest BCUT2D eigenvalue weighted by atomic mass is 32.2. The van der Waals surface area contributed by atoms with E-state index in [1.807, 2.05) is 40.0 Å². The van der Waals surface area contributed by atoms with Crippen molar-refractivity contribution in [3.8, 4) is 0 Å². The van der Waals surface area contributed by atoms with Gasteiger partial charge in [0, 0.05) is 13.1 Å². The van der Waals surface area contributed by atoms with Crippen LogP contribution in [0.3, 0.4) is 0 Å². The number of imidazole rings is 1. The van der Waals surface area contributed by atoms with Crippen molar-refractivity contribution in [2.75, 3.05) is 19.3 Å². The number of benzene rings is 1. The fourth-order valence-electron chi connectivity index (χ4n) is 4.23. The quantitative estimate of drug-likeness (QED) is 0.872. The summed E-state index contributed by atoms with van der Waals surface area (Å²) in [6.45, 7) is 1.62. The minimum atomic E-state index is -0.684. The highest BCUT2D eigenvalue weighted by Gasteiger charge is 2.59. The van der Waals surface area contributed by atoms with E-state index in [0.717, 1.165) is 41.9 Å². The van der Waals surface area contributed by atoms with Gasteiger partial charge in [-0.05, 0) is 43.1 Å². The number of aromatic nitrogens is 2. The van der Waals surface area contributed by atoms with Gasteiger partial charge in [-0.15, -0.1) is 0 Å². The smallest absolute Gasteiger partial charge is 0.307 e. The SMILES string of the molecule is CSCc1nc2ccccc2n1CC(=O)N1CCC2(CC1)CC2C(=O)O. The summed E-state index contributed by atoms with van der Waals surface area (Å²) in [5.74, 6) is 0.902. The van der Waals surface area contributed by atoms with Gasteiger partial charge in [-0.1, -0.05) is 12.1 Å². The Bertz CT molecular complexity index is 855. The van der Waals surface area contributed by atoms with Crippen LogP contribution in [0.1, 0.15) is 25.1 Å². The average molecular weight is 373 g/mol. The molecular weight excluding hydrogens is 350 g/mol. The summed E-state index contributed by atoms with van der Waals surface area (Å²) in [4.78, 5) is 30.6. The van der Waals surface area contributed by atoms with Gasteiger partial charge in [0.1, 0.15) is 12.4 Å². The lowest BCUT2D eigenvalue weighted by molar-refractivity contribution is -0.140. The maximum absolute atomic E-state index is 12.9. The first-order valence-electron chi connectivity index (χ1n) is 8.98. The maximum Gasteiger partial charge on any atom is 0.307 e. The van der Waals surface area contributed by atoms with E-state index in [1.165, 1.54) is 0 Å². The second-order valence-corrected chi connectivity index (χ2v) is 8.24. The molecule has 1 aromatic carbocycles. The van der Waals surface area contributed by atoms with Crippen LogP contribution in [-0.2, 0) is 21.9 Å². The number of carbonyl (C=O) groups is 2. The van der Waals surface area contributed by atoms with E-state index in [4.69, 9.17) is 0 Å². The first-order chi connectivity index (χ1) is 12.5. The third-order valence-electron chi connectivity index (χ3n) is 5.90. The fourth-order valence-corrected chi connectivity index (χ4v) is 4.71. The zero-order chi connectivity index (χ0) is 18.3. The molecular formula is C19H23N3O3S. The summed E-state index contributed by atoms with van der Waals surface area (Å²) in [5.41, 5.74) is 1.87. The molecule has 138 valence electrons. The molecule has 1 aromatic heterocycles. The normalized spacial score (nSPS) is 21.3. The predicted molar refractivity (Wildman–Crippen MR) is 101 cm³/mol. The van der Waals surface area contributed by atoms with Crippen LogP contribution in [0.5, 0.6) is 0 Å². The number of hydrogen-bond acceptors (Lipinski definition) is 4. The molecule has 0 bridgehead atoms. The Kier molecular flexibility index (Phi) is 4.42. The Balaban J connectivity index is 1.47. The number of carboxylic acid groups (broad SMARTS) is 1. The van der Waals surface area contributed by atoms with Crippen molar-refractivity contribution in [3.05, 3.63) is 30.1 Å². The van der Waals surface area contributed by atoms with E-state index in [1.54, 1.807) is 11.8 Å². The van der Waals surface area contributed by atoms with Crippen LogP contribution in [0.25, 0.3) is 11.0 Å². The van der Waals surface area contributed by atoms with Crippen molar-refractivity contribution in [2.45, 2.75) is 31.6 Å². The van der Waals surface area contributed by atoms with Crippen molar-refractivity contribution in [1.29, 1.82) is 0 Å². The van der Waals surface area contributed by atoms with Gasteiger partial charge in [0.05, 0.1) is 22.7 Å². The number of amides is 1. The Morgan fingerprint density at radius 3 is 2.69 bits per heavy atom. The van der Waals surface area contributed by atoms with Crippen molar-refractivity contribution >= 4 is 34.7 Å². The molecule has 1 saturated heterocycles. The molecule has 1 N–H and O–H groups in total. The number of rotatable bonds is 5. The Labute approximate surface area is 156 Å². The number of thioether (sulfide) groups is 1. The van der Waals surface area contributed by atoms with Gasteiger partial charge in [0.25, 0.3) is 0 Å². The molecule has 4 rings (SSSR count). The van der Waals surface area contributed by atoms with E-state index in [-0.39, 0.29) is 17.2 Å². The number of nitrogens with zero attached hydrogens (tertiary/aromatic N) is 3. The molecule has 1 unspecified atom stereocenters. The first kappa shape index (κ1) is 17.4. The summed E-state index contributed by atoms with van der Waals surface area (Å²) in [5, 5.41) is 9.21. The van der Waals surface area contributed by atoms with E-state index < -0.39 is 5.97 Å². The number of piperidine rings is 1. The Morgan fingerprint density at radius 2 is 2.04 bits per heavy atom. The van der Waals surface area contributed by atoms with Gasteiger partial charge in [-0.2, -0.15) is 11.8 Å². The van der Waals surface area contributed by atoms with Crippen LogP contribution in [0, 0.1) is 11.3 Å². The summed E-state index contributed by atoms with van der Waals surface area (Å²) in [6.07, 6.45) is 4.41. The number of aliphatic carboxylic acids is 1. The van der Waals surface area contributed by atoms with Crippen molar-refractivity contribution in [1.82, 2.24) is 14.5 Å². The van der Waals surface area contributed by atoms with Gasteiger partial charge in [-0.3, -0.25) is 9.59 Å². The zero-order valence-corrected chi connectivity index (χ0v) is 15.7. The summed E-state index contributed by atoms with van der Waals surface area (Å²) in [7, 11) is 0. The zero-order valence-electron chi connectivity index (χ0n) is 14.9. The molecule has 1 aliphatic heterocycles. The van der Waals surface area contributed by atoms with Crippen molar-refractivity contribution < 1.29 is 14.7 Å². The van der Waals surface area contributed by atoms with Gasteiger partial charge >= 0.3 is 5.97 Å². The molecule has 7 heteroatoms. The molecule has 1 aliphatic carbocycles. The lowest BCUT2D eigenvalue weighted by Gasteiger charge is -2.33. The van der Waals surface area contributed by atoms with Crippen molar-refractivity contribution in [2.24, 2.45) is 11.3 Å². The van der Waals surface area contributed by atoms with E-state index in [2.05, 4.69) is 4.98 Å². The highest BCUT2D eigenvalue weighted by molar-refractivity contribution is 7.97. The minimum Gasteiger partial charge on any atom is -0.481 e. The molecule has 0 radical (unpaired) electrons. The topological polar surface area (TPSA) is 75.4 Å². The number of carbonyl (C=O) groups excluding carboxylic acids is 1. The average Bonchev–Trinajstić information content (AvgIpc) is 3.23. The molecule has 1 atom stereocenters. The van der Waals surface area contributed by atoms with Crippen LogP contribution in [0.2, 0.25) is 0 Å². The molecule has 2 aliphatic rings. The van der Waals surface area contributed by atoms with Gasteiger partial charge < -0.3 is 14.6 Å². The van der Waals surface area contributed by atoms with Crippen LogP contribution in [0.4, 0.5) is 0 Å². The highest BCUT2D eigenvalue weighted by Crippen LogP contribution is 2.59. The molecule has 6 nitrogen and oxygen atoms in total. The second-order valence-electron chi connectivity index (χ2n) is 7.37. The Hall–Kier alpha value is -2.02. The largest absolute Gasteiger partial charge is 0.481 e. The summed E-state index contributed by atoms with van der Waals surface area (Å²) in [6, 6.07) is 7.91. The predicted octanol–water partition coefficient (Wildman–Crippen LogP) is 2.61. The Morgan fingerprint density at radius 1 is 1.31 bits per heavy atom. The van der Waals surface area contributed by atoms with Crippen LogP contribution >= 0.6 is 11.8 Å². The molecule has 2 fully saturated rings. The number of fused-ring (bicyclic) bond motifs is 1. The molecule has 1 amide bonds. The molecule has 2 heterocycles. The lowest BCUT2D eigenvalue weighted by atomic mass is 9.91. The third-order valence-corrected chi connectivity index (χ3v) is 6.45. The van der Waals surface area contributed by atoms with Crippen LogP contribution in [0.15, 0.2) is 24.3 Å². The molecule has 26 heavy (non-hydrogen) atoms. The van der Waals surface area contributed by atoms with Gasteiger partial charge in [-0.25, -0.2) is 4.98 Å². The maximum atomic E-state index is 12.9. The lowest BCUT2D eigenvalue weighted by Crippen LogP contribution is -2.41. The third kappa shape index (κ3) is 2.98. The first-order valence-corrected chi connectivity index (χ1v) is 10.4. The second kappa shape index (κ2) is 6.61. The number of para-hydroxylation sites is 2. The molecule has 1 saturated carbocycles. The van der Waals surface area contributed by atoms with Crippen LogP contribution < -0.4 is 0 Å². The molecule has 1 spiro atoms. The van der Waals surface area contributed by atoms with Gasteiger partial charge in [0.15, 0.2) is 0 Å². The van der Waals surface area contributed by atoms with E-state index in [9.17, 15) is 14.7 Å². The van der Waals surface area contributed by atoms with Gasteiger partial charge in [0.2, 0.25) is 5.91 Å². The van der Waals surface area contributed by atoms with E-state index in [0.29, 0.717) is 19.6 Å². The number of likely N-dealkylation sites (tertiary alicyclic amines) is 1. The minimum absolute atomic E-state index is 0.0473. The monoisotopic (exact) mass is 373 g/mol. The van der Waals surface area contributed by atoms with E-state index >= 15 is 0 Å². The summed E-state index contributed by atoms with van der Waals surface area (Å²) >= 11 is 1.69. The van der Waals surface area contributed by atoms with Crippen LogP contribution in [-0.4, -0.2) is 50.8 Å². The standard InChI is InChI=1S/C19H23N3O3S/c1-26-12-16-20-14-4-2-3-5-15(14)22(16)11-17(23)21-8-6-19(7-9-21)10-13(19)18(24)25/h2-5,13H,6-12H2,1H3,(H,24,25). The van der Waals surface area contributed by atoms with Crippen molar-refractivity contribution in [3.63, 3.8) is 0 Å². The number of hydrogen-bond donors (Lipinski definition) is 1. The molecule has 2 aromatic rings. The number of carboxylic acids is 1. The summed E-state index contributed by atoms with van der Waals surface area (Å²) < 4.78 is 2.02.